The number of carbonyl (C=O) groups is 1. The lowest BCUT2D eigenvalue weighted by atomic mass is 10.1. The molecule has 30 heavy (non-hydrogen) atoms. The highest BCUT2D eigenvalue weighted by molar-refractivity contribution is 7.17. The Kier molecular flexibility index (Phi) is 7.07. The van der Waals surface area contributed by atoms with Crippen molar-refractivity contribution in [2.24, 2.45) is 0 Å². The van der Waals surface area contributed by atoms with Gasteiger partial charge in [0.1, 0.15) is 17.5 Å². The fraction of sp³-hybridized carbons (Fsp3) is 0.381. The van der Waals surface area contributed by atoms with Crippen LogP contribution in [0.4, 0.5) is 0 Å². The van der Waals surface area contributed by atoms with E-state index in [1.807, 2.05) is 24.4 Å². The van der Waals surface area contributed by atoms with Crippen LogP contribution in [0.1, 0.15) is 19.9 Å². The molecule has 0 fully saturated rings. The van der Waals surface area contributed by atoms with Crippen LogP contribution in [0.5, 0.6) is 11.5 Å². The molecule has 0 saturated carbocycles. The van der Waals surface area contributed by atoms with Crippen LogP contribution in [-0.2, 0) is 14.3 Å². The van der Waals surface area contributed by atoms with Gasteiger partial charge in [-0.3, -0.25) is 9.36 Å². The van der Waals surface area contributed by atoms with Crippen LogP contribution in [0, 0.1) is 0 Å². The fourth-order valence-corrected chi connectivity index (χ4v) is 3.92. The third-order valence-electron chi connectivity index (χ3n) is 4.65. The molecule has 9 heteroatoms. The van der Waals surface area contributed by atoms with Crippen molar-refractivity contribution in [3.63, 3.8) is 0 Å². The van der Waals surface area contributed by atoms with Crippen LogP contribution < -0.4 is 15.0 Å². The second kappa shape index (κ2) is 9.73. The van der Waals surface area contributed by atoms with Gasteiger partial charge in [-0.25, -0.2) is 9.78 Å². The average molecular weight is 432 g/mol. The number of hydrogen-bond acceptors (Lipinski definition) is 8. The molecule has 0 aliphatic rings. The molecule has 0 bridgehead atoms. The molecule has 0 amide bonds. The Balaban J connectivity index is 1.97. The summed E-state index contributed by atoms with van der Waals surface area (Å²) < 4.78 is 22.3. The maximum absolute atomic E-state index is 13.2. The number of methoxy groups -OCH3 is 2. The fourth-order valence-electron chi connectivity index (χ4n) is 3.02. The molecule has 1 aromatic carbocycles. The highest BCUT2D eigenvalue weighted by Crippen LogP contribution is 2.36. The van der Waals surface area contributed by atoms with E-state index < -0.39 is 12.0 Å². The minimum absolute atomic E-state index is 0.136. The number of nitrogens with zero attached hydrogens (tertiary/aromatic N) is 2. The van der Waals surface area contributed by atoms with Crippen molar-refractivity contribution in [2.45, 2.75) is 19.9 Å². The molecule has 3 aromatic rings. The molecule has 1 atom stereocenters. The second-order valence-electron chi connectivity index (χ2n) is 6.40. The molecule has 0 aliphatic carbocycles. The first-order chi connectivity index (χ1) is 14.5. The Hall–Kier alpha value is -2.91. The van der Waals surface area contributed by atoms with E-state index in [1.165, 1.54) is 22.2 Å². The zero-order valence-corrected chi connectivity index (χ0v) is 18.2. The number of carbonyl (C=O) groups excluding carboxylic acids is 1. The first-order valence-corrected chi connectivity index (χ1v) is 10.3. The minimum atomic E-state index is -0.811. The largest absolute Gasteiger partial charge is 0.493 e. The Labute approximate surface area is 178 Å². The topological polar surface area (TPSA) is 88.9 Å². The summed E-state index contributed by atoms with van der Waals surface area (Å²) in [6.07, 6.45) is 1.38. The quantitative estimate of drug-likeness (QED) is 0.379. The molecule has 0 saturated heterocycles. The van der Waals surface area contributed by atoms with E-state index in [9.17, 15) is 9.59 Å². The van der Waals surface area contributed by atoms with Gasteiger partial charge in [-0.2, -0.15) is 0 Å². The molecule has 0 radical (unpaired) electrons. The van der Waals surface area contributed by atoms with Crippen molar-refractivity contribution in [3.05, 3.63) is 40.3 Å². The summed E-state index contributed by atoms with van der Waals surface area (Å²) in [6.45, 7) is 4.47. The van der Waals surface area contributed by atoms with E-state index in [4.69, 9.17) is 18.9 Å². The van der Waals surface area contributed by atoms with Crippen molar-refractivity contribution >= 4 is 27.5 Å². The Morgan fingerprint density at radius 3 is 2.67 bits per heavy atom. The number of aromatic nitrogens is 2. The summed E-state index contributed by atoms with van der Waals surface area (Å²) in [5.74, 6) is 0.644. The van der Waals surface area contributed by atoms with Gasteiger partial charge in [0.15, 0.2) is 11.5 Å². The van der Waals surface area contributed by atoms with Gasteiger partial charge < -0.3 is 18.9 Å². The monoisotopic (exact) mass is 432 g/mol. The van der Waals surface area contributed by atoms with E-state index >= 15 is 0 Å². The molecule has 0 N–H and O–H groups in total. The lowest BCUT2D eigenvalue weighted by molar-refractivity contribution is -0.148. The molecule has 160 valence electrons. The van der Waals surface area contributed by atoms with E-state index in [2.05, 4.69) is 4.98 Å². The third-order valence-corrected chi connectivity index (χ3v) is 5.53. The number of hydrogen-bond donors (Lipinski definition) is 0. The van der Waals surface area contributed by atoms with Gasteiger partial charge in [0.25, 0.3) is 5.56 Å². The molecule has 0 aliphatic heterocycles. The summed E-state index contributed by atoms with van der Waals surface area (Å²) in [5, 5.41) is 2.32. The lowest BCUT2D eigenvalue weighted by Gasteiger charge is -2.14. The second-order valence-corrected chi connectivity index (χ2v) is 7.25. The zero-order chi connectivity index (χ0) is 21.7. The summed E-state index contributed by atoms with van der Waals surface area (Å²) in [6, 6.07) is 4.63. The molecule has 1 unspecified atom stereocenters. The van der Waals surface area contributed by atoms with Crippen LogP contribution in [-0.4, -0.2) is 49.6 Å². The van der Waals surface area contributed by atoms with Gasteiger partial charge in [-0.05, 0) is 31.5 Å². The molecular weight excluding hydrogens is 408 g/mol. The predicted octanol–water partition coefficient (Wildman–Crippen LogP) is 3.28. The molecule has 2 heterocycles. The summed E-state index contributed by atoms with van der Waals surface area (Å²) in [7, 11) is 3.12. The number of esters is 1. The molecule has 0 spiro atoms. The third kappa shape index (κ3) is 4.31. The van der Waals surface area contributed by atoms with Gasteiger partial charge in [0.2, 0.25) is 0 Å². The average Bonchev–Trinajstić information content (AvgIpc) is 3.21. The number of benzene rings is 1. The number of fused-ring (bicyclic) bond motifs is 1. The van der Waals surface area contributed by atoms with Crippen molar-refractivity contribution in [1.82, 2.24) is 9.55 Å². The van der Waals surface area contributed by atoms with E-state index in [-0.39, 0.29) is 12.2 Å². The normalized spacial score (nSPS) is 12.0. The molecule has 8 nitrogen and oxygen atoms in total. The van der Waals surface area contributed by atoms with Crippen LogP contribution in [0.3, 0.4) is 0 Å². The Morgan fingerprint density at radius 2 is 1.97 bits per heavy atom. The van der Waals surface area contributed by atoms with Crippen LogP contribution in [0.25, 0.3) is 21.3 Å². The summed E-state index contributed by atoms with van der Waals surface area (Å²) in [5.41, 5.74) is 1.21. The maximum atomic E-state index is 13.2. The van der Waals surface area contributed by atoms with Gasteiger partial charge in [-0.1, -0.05) is 6.07 Å². The first-order valence-electron chi connectivity index (χ1n) is 9.46. The van der Waals surface area contributed by atoms with Gasteiger partial charge in [-0.15, -0.1) is 11.3 Å². The van der Waals surface area contributed by atoms with Crippen LogP contribution >= 0.6 is 11.3 Å². The number of rotatable bonds is 9. The standard InChI is InChI=1S/C21H24N2O6S/c1-5-28-8-9-29-21(25)13(2)23-12-22-19-18(20(23)24)15(11-30-19)14-6-7-16(26-3)17(10-14)27-4/h6-7,10-13H,5,8-9H2,1-4H3. The van der Waals surface area contributed by atoms with E-state index in [0.29, 0.717) is 34.9 Å². The van der Waals surface area contributed by atoms with Gasteiger partial charge in [0, 0.05) is 17.6 Å². The van der Waals surface area contributed by atoms with Crippen molar-refractivity contribution < 1.29 is 23.7 Å². The maximum Gasteiger partial charge on any atom is 0.329 e. The molecule has 2 aromatic heterocycles. The Bertz CT molecular complexity index is 1090. The van der Waals surface area contributed by atoms with Crippen molar-refractivity contribution in [3.8, 4) is 22.6 Å². The lowest BCUT2D eigenvalue weighted by Crippen LogP contribution is -2.30. The number of thiophene rings is 1. The molecule has 3 rings (SSSR count). The van der Waals surface area contributed by atoms with Crippen LogP contribution in [0.2, 0.25) is 0 Å². The van der Waals surface area contributed by atoms with Crippen LogP contribution in [0.15, 0.2) is 34.7 Å². The van der Waals surface area contributed by atoms with Crippen molar-refractivity contribution in [1.29, 1.82) is 0 Å². The van der Waals surface area contributed by atoms with Crippen molar-refractivity contribution in [2.75, 3.05) is 34.0 Å². The number of ether oxygens (including phenoxy) is 4. The summed E-state index contributed by atoms with van der Waals surface area (Å²) >= 11 is 1.37. The predicted molar refractivity (Wildman–Crippen MR) is 115 cm³/mol. The van der Waals surface area contributed by atoms with E-state index in [1.54, 1.807) is 27.2 Å². The first kappa shape index (κ1) is 21.8. The SMILES string of the molecule is CCOCCOC(=O)C(C)n1cnc2scc(-c3ccc(OC)c(OC)c3)c2c1=O. The summed E-state index contributed by atoms with van der Waals surface area (Å²) in [4.78, 5) is 30.5. The zero-order valence-electron chi connectivity index (χ0n) is 17.3. The van der Waals surface area contributed by atoms with E-state index in [0.717, 1.165) is 11.1 Å². The highest BCUT2D eigenvalue weighted by atomic mass is 32.1. The molecular formula is C21H24N2O6S. The Morgan fingerprint density at radius 1 is 1.20 bits per heavy atom. The minimum Gasteiger partial charge on any atom is -0.493 e. The van der Waals surface area contributed by atoms with Gasteiger partial charge >= 0.3 is 5.97 Å². The van der Waals surface area contributed by atoms with Gasteiger partial charge in [0.05, 0.1) is 32.5 Å². The highest BCUT2D eigenvalue weighted by Gasteiger charge is 2.21. The smallest absolute Gasteiger partial charge is 0.329 e.